The summed E-state index contributed by atoms with van der Waals surface area (Å²) in [7, 11) is 0. The lowest BCUT2D eigenvalue weighted by atomic mass is 10.0. The van der Waals surface area contributed by atoms with Crippen LogP contribution in [0.1, 0.15) is 55.7 Å². The molecule has 2 aromatic rings. The van der Waals surface area contributed by atoms with Crippen LogP contribution in [-0.4, -0.2) is 39.0 Å². The lowest BCUT2D eigenvalue weighted by Gasteiger charge is -2.14. The molecule has 0 aromatic carbocycles. The van der Waals surface area contributed by atoms with Gasteiger partial charge in [0.15, 0.2) is 0 Å². The van der Waals surface area contributed by atoms with Crippen LogP contribution in [0.25, 0.3) is 11.1 Å². The number of carbonyl (C=O) groups is 1. The zero-order valence-corrected chi connectivity index (χ0v) is 18.3. The van der Waals surface area contributed by atoms with Gasteiger partial charge in [-0.2, -0.15) is 13.2 Å². The van der Waals surface area contributed by atoms with Crippen LogP contribution < -0.4 is 5.32 Å². The molecule has 4 rings (SSSR count). The smallest absolute Gasteiger partial charge is 0.302 e. The van der Waals surface area contributed by atoms with E-state index >= 15 is 0 Å². The third-order valence-electron chi connectivity index (χ3n) is 5.70. The fourth-order valence-corrected chi connectivity index (χ4v) is 4.51. The molecule has 0 bridgehead atoms. The predicted octanol–water partition coefficient (Wildman–Crippen LogP) is 4.79. The molecule has 3 atom stereocenters. The van der Waals surface area contributed by atoms with Gasteiger partial charge < -0.3 is 5.32 Å². The first-order valence-electron chi connectivity index (χ1n) is 10.1. The highest BCUT2D eigenvalue weighted by Crippen LogP contribution is 2.45. The number of hydrogen-bond acceptors (Lipinski definition) is 5. The van der Waals surface area contributed by atoms with Gasteiger partial charge in [-0.05, 0) is 48.2 Å². The van der Waals surface area contributed by atoms with Crippen LogP contribution in [0.2, 0.25) is 0 Å². The summed E-state index contributed by atoms with van der Waals surface area (Å²) in [5, 5.41) is 2.98. The number of rotatable bonds is 6. The average molecular weight is 501 g/mol. The summed E-state index contributed by atoms with van der Waals surface area (Å²) in [5.41, 5.74) is 2.57. The van der Waals surface area contributed by atoms with Gasteiger partial charge in [0.25, 0.3) is 0 Å². The number of hydrogen-bond donors (Lipinski definition) is 1. The number of halogens is 5. The lowest BCUT2D eigenvalue weighted by Crippen LogP contribution is -2.35. The van der Waals surface area contributed by atoms with Gasteiger partial charge in [0, 0.05) is 58.5 Å². The summed E-state index contributed by atoms with van der Waals surface area (Å²) in [4.78, 5) is 24.1. The maximum atomic E-state index is 13.7. The molecule has 1 saturated carbocycles. The molecule has 5 nitrogen and oxygen atoms in total. The van der Waals surface area contributed by atoms with E-state index in [-0.39, 0.29) is 30.6 Å². The molecule has 0 spiro atoms. The predicted molar refractivity (Wildman–Crippen MR) is 109 cm³/mol. The van der Waals surface area contributed by atoms with Gasteiger partial charge in [-0.25, -0.2) is 14.4 Å². The molecule has 1 aliphatic carbocycles. The highest BCUT2D eigenvalue weighted by molar-refractivity contribution is 9.10. The van der Waals surface area contributed by atoms with E-state index in [0.717, 1.165) is 30.9 Å². The van der Waals surface area contributed by atoms with Gasteiger partial charge in [-0.3, -0.25) is 9.78 Å². The van der Waals surface area contributed by atoms with Crippen LogP contribution in [0, 0.1) is 0 Å². The quantitative estimate of drug-likeness (QED) is 0.577. The first-order chi connectivity index (χ1) is 14.6. The molecular weight excluding hydrogens is 480 g/mol. The van der Waals surface area contributed by atoms with E-state index in [1.807, 2.05) is 0 Å². The second-order valence-corrected chi connectivity index (χ2v) is 8.95. The molecule has 10 heteroatoms. The molecule has 166 valence electrons. The Morgan fingerprint density at radius 1 is 1.26 bits per heavy atom. The molecule has 3 heterocycles. The van der Waals surface area contributed by atoms with Crippen molar-refractivity contribution in [2.75, 3.05) is 0 Å². The summed E-state index contributed by atoms with van der Waals surface area (Å²) >= 11 is 3.54. The minimum Gasteiger partial charge on any atom is -0.302 e. The minimum atomic E-state index is -4.61. The molecule has 2 aromatic heterocycles. The van der Waals surface area contributed by atoms with Gasteiger partial charge >= 0.3 is 6.18 Å². The summed E-state index contributed by atoms with van der Waals surface area (Å²) in [6.07, 6.45) is -0.634. The van der Waals surface area contributed by atoms with Crippen molar-refractivity contribution in [2.45, 2.75) is 69.4 Å². The Kier molecular flexibility index (Phi) is 6.13. The number of carbonyl (C=O) groups excluding carboxylic acids is 1. The third kappa shape index (κ3) is 4.95. The summed E-state index contributed by atoms with van der Waals surface area (Å²) in [6, 6.07) is 0.913. The topological polar surface area (TPSA) is 67.8 Å². The van der Waals surface area contributed by atoms with Crippen LogP contribution in [-0.2, 0) is 17.4 Å². The fraction of sp³-hybridized carbons (Fsp3) is 0.524. The minimum absolute atomic E-state index is 0.0656. The van der Waals surface area contributed by atoms with E-state index in [2.05, 4.69) is 31.2 Å². The first kappa shape index (κ1) is 22.3. The molecule has 0 radical (unpaired) electrons. The second-order valence-electron chi connectivity index (χ2n) is 8.15. The van der Waals surface area contributed by atoms with Crippen molar-refractivity contribution in [2.24, 2.45) is 0 Å². The number of ketones is 1. The number of nitrogens with one attached hydrogen (secondary N) is 1. The molecule has 31 heavy (non-hydrogen) atoms. The van der Waals surface area contributed by atoms with Crippen molar-refractivity contribution in [3.63, 3.8) is 0 Å². The molecule has 1 N–H and O–H groups in total. The van der Waals surface area contributed by atoms with E-state index < -0.39 is 24.2 Å². The summed E-state index contributed by atoms with van der Waals surface area (Å²) in [5.74, 6) is -0.980. The Hall–Kier alpha value is -1.94. The lowest BCUT2D eigenvalue weighted by molar-refractivity contribution is -0.145. The molecule has 2 fully saturated rings. The number of alkyl halides is 4. The molecular formula is C21H21BrF4N4O. The first-order valence-corrected chi connectivity index (χ1v) is 10.9. The Labute approximate surface area is 185 Å². The molecule has 1 aliphatic heterocycles. The highest BCUT2D eigenvalue weighted by Gasteiger charge is 2.36. The Morgan fingerprint density at radius 2 is 1.94 bits per heavy atom. The standard InChI is InChI=1S/C21H21BrF4N4O/c1-10-15(23)7-16(29-10)17(31)5-4-13-6-14(18(22)19(30-13)11-2-3-11)12-8-27-20(28-9-12)21(24,25)26/h6,8-11,15-16,29H,2-5,7H2,1H3/t10-,15+,16-/m0/s1. The Balaban J connectivity index is 1.56. The van der Waals surface area contributed by atoms with Crippen LogP contribution in [0.15, 0.2) is 22.9 Å². The molecule has 1 saturated heterocycles. The molecule has 0 unspecified atom stereocenters. The third-order valence-corrected chi connectivity index (χ3v) is 6.53. The van der Waals surface area contributed by atoms with Crippen LogP contribution >= 0.6 is 15.9 Å². The average Bonchev–Trinajstić information content (AvgIpc) is 3.51. The zero-order valence-electron chi connectivity index (χ0n) is 16.7. The maximum absolute atomic E-state index is 13.7. The van der Waals surface area contributed by atoms with Gasteiger partial charge in [0.05, 0.1) is 11.7 Å². The van der Waals surface area contributed by atoms with E-state index in [4.69, 9.17) is 4.98 Å². The summed E-state index contributed by atoms with van der Waals surface area (Å²) < 4.78 is 52.8. The van der Waals surface area contributed by atoms with Crippen molar-refractivity contribution in [3.8, 4) is 11.1 Å². The second kappa shape index (κ2) is 8.54. The van der Waals surface area contributed by atoms with E-state index in [1.165, 1.54) is 0 Å². The van der Waals surface area contributed by atoms with Crippen molar-refractivity contribution in [1.29, 1.82) is 0 Å². The van der Waals surface area contributed by atoms with Crippen molar-refractivity contribution in [1.82, 2.24) is 20.3 Å². The Morgan fingerprint density at radius 3 is 2.48 bits per heavy atom. The monoisotopic (exact) mass is 500 g/mol. The van der Waals surface area contributed by atoms with E-state index in [9.17, 15) is 22.4 Å². The number of aryl methyl sites for hydroxylation is 1. The van der Waals surface area contributed by atoms with Gasteiger partial charge in [-0.15, -0.1) is 0 Å². The van der Waals surface area contributed by atoms with Gasteiger partial charge in [0.2, 0.25) is 5.82 Å². The number of nitrogens with zero attached hydrogens (tertiary/aromatic N) is 3. The number of aromatic nitrogens is 3. The summed E-state index contributed by atoms with van der Waals surface area (Å²) in [6.45, 7) is 1.72. The number of Topliss-reactive ketones (excluding diaryl/α,β-unsaturated/α-hetero) is 1. The van der Waals surface area contributed by atoms with Gasteiger partial charge in [-0.1, -0.05) is 0 Å². The largest absolute Gasteiger partial charge is 0.451 e. The fourth-order valence-electron chi connectivity index (χ4n) is 3.75. The van der Waals surface area contributed by atoms with E-state index in [1.54, 1.807) is 13.0 Å². The Bertz CT molecular complexity index is 969. The molecule has 0 amide bonds. The highest BCUT2D eigenvalue weighted by atomic mass is 79.9. The van der Waals surface area contributed by atoms with Crippen molar-refractivity contribution >= 4 is 21.7 Å². The zero-order chi connectivity index (χ0) is 22.3. The van der Waals surface area contributed by atoms with Crippen LogP contribution in [0.5, 0.6) is 0 Å². The maximum Gasteiger partial charge on any atom is 0.451 e. The normalized spacial score (nSPS) is 23.9. The van der Waals surface area contributed by atoms with Crippen LogP contribution in [0.3, 0.4) is 0 Å². The van der Waals surface area contributed by atoms with Gasteiger partial charge in [0.1, 0.15) is 12.0 Å². The SMILES string of the molecule is C[C@@H]1N[C@H](C(=O)CCc2cc(-c3cnc(C(F)(F)F)nc3)c(Br)c(C3CC3)n2)C[C@H]1F. The number of pyridine rings is 1. The van der Waals surface area contributed by atoms with Crippen molar-refractivity contribution in [3.05, 3.63) is 40.1 Å². The van der Waals surface area contributed by atoms with E-state index in [0.29, 0.717) is 27.7 Å². The van der Waals surface area contributed by atoms with Crippen molar-refractivity contribution < 1.29 is 22.4 Å². The molecule has 2 aliphatic rings. The van der Waals surface area contributed by atoms with Crippen LogP contribution in [0.4, 0.5) is 17.6 Å².